The maximum absolute atomic E-state index is 13.3. The number of halogens is 1. The molecule has 0 N–H and O–H groups in total. The topological polar surface area (TPSA) is 79.0 Å². The minimum absolute atomic E-state index is 0.153. The largest absolute Gasteiger partial charge is 0.449 e. The molecule has 104 valence electrons. The van der Waals surface area contributed by atoms with Gasteiger partial charge in [0, 0.05) is 4.91 Å². The predicted octanol–water partition coefficient (Wildman–Crippen LogP) is 4.42. The SMILES string of the molecule is CCSc1oc2ccc(F)cc2c(=O)c1C(C)N=[N+]=[N-]. The van der Waals surface area contributed by atoms with E-state index in [0.717, 1.165) is 6.07 Å². The van der Waals surface area contributed by atoms with Gasteiger partial charge in [-0.3, -0.25) is 4.79 Å². The number of fused-ring (bicyclic) bond motifs is 1. The van der Waals surface area contributed by atoms with Gasteiger partial charge in [0.2, 0.25) is 0 Å². The van der Waals surface area contributed by atoms with Crippen LogP contribution in [0.2, 0.25) is 0 Å². The minimum Gasteiger partial charge on any atom is -0.449 e. The summed E-state index contributed by atoms with van der Waals surface area (Å²) in [6.07, 6.45) is 0. The van der Waals surface area contributed by atoms with Crippen LogP contribution in [-0.2, 0) is 0 Å². The van der Waals surface area contributed by atoms with Gasteiger partial charge in [0.1, 0.15) is 11.4 Å². The normalized spacial score (nSPS) is 12.2. The van der Waals surface area contributed by atoms with Crippen LogP contribution >= 0.6 is 11.8 Å². The quantitative estimate of drug-likeness (QED) is 0.362. The summed E-state index contributed by atoms with van der Waals surface area (Å²) in [7, 11) is 0. The first kappa shape index (κ1) is 14.4. The highest BCUT2D eigenvalue weighted by Gasteiger charge is 2.19. The molecule has 1 heterocycles. The molecule has 0 fully saturated rings. The van der Waals surface area contributed by atoms with Crippen molar-refractivity contribution in [1.29, 1.82) is 0 Å². The van der Waals surface area contributed by atoms with Gasteiger partial charge in [-0.15, -0.1) is 0 Å². The van der Waals surface area contributed by atoms with E-state index in [1.807, 2.05) is 6.92 Å². The Hall–Kier alpha value is -1.98. The third kappa shape index (κ3) is 2.64. The lowest BCUT2D eigenvalue weighted by Crippen LogP contribution is -2.13. The van der Waals surface area contributed by atoms with Crippen LogP contribution in [0.4, 0.5) is 4.39 Å². The van der Waals surface area contributed by atoms with Gasteiger partial charge in [-0.05, 0) is 29.5 Å². The van der Waals surface area contributed by atoms with Crippen LogP contribution in [0.15, 0.2) is 37.6 Å². The zero-order valence-corrected chi connectivity index (χ0v) is 11.8. The summed E-state index contributed by atoms with van der Waals surface area (Å²) in [5, 5.41) is 4.11. The Kier molecular flexibility index (Phi) is 4.32. The zero-order valence-electron chi connectivity index (χ0n) is 11.0. The zero-order chi connectivity index (χ0) is 14.7. The average Bonchev–Trinajstić information content (AvgIpc) is 2.40. The first-order chi connectivity index (χ1) is 9.58. The van der Waals surface area contributed by atoms with Gasteiger partial charge >= 0.3 is 0 Å². The summed E-state index contributed by atoms with van der Waals surface area (Å²) in [5.41, 5.74) is 8.76. The van der Waals surface area contributed by atoms with Crippen molar-refractivity contribution in [3.8, 4) is 0 Å². The Morgan fingerprint density at radius 3 is 2.95 bits per heavy atom. The molecule has 0 aliphatic heterocycles. The summed E-state index contributed by atoms with van der Waals surface area (Å²) < 4.78 is 18.9. The van der Waals surface area contributed by atoms with Crippen molar-refractivity contribution < 1.29 is 8.81 Å². The molecule has 2 aromatic rings. The van der Waals surface area contributed by atoms with E-state index in [9.17, 15) is 9.18 Å². The van der Waals surface area contributed by atoms with Crippen LogP contribution in [0.3, 0.4) is 0 Å². The molecule has 0 amide bonds. The van der Waals surface area contributed by atoms with E-state index in [-0.39, 0.29) is 16.4 Å². The molecule has 0 spiro atoms. The third-order valence-electron chi connectivity index (χ3n) is 2.77. The molecule has 1 aromatic heterocycles. The second kappa shape index (κ2) is 5.98. The van der Waals surface area contributed by atoms with E-state index in [1.54, 1.807) is 6.92 Å². The van der Waals surface area contributed by atoms with Crippen LogP contribution in [-0.4, -0.2) is 5.75 Å². The molecule has 1 unspecified atom stereocenters. The lowest BCUT2D eigenvalue weighted by atomic mass is 10.1. The number of hydrogen-bond donors (Lipinski definition) is 0. The summed E-state index contributed by atoms with van der Waals surface area (Å²) in [4.78, 5) is 15.2. The second-order valence-corrected chi connectivity index (χ2v) is 5.32. The van der Waals surface area contributed by atoms with E-state index in [4.69, 9.17) is 9.95 Å². The Labute approximate surface area is 118 Å². The molecule has 0 saturated heterocycles. The minimum atomic E-state index is -0.669. The molecule has 2 rings (SSSR count). The number of hydrogen-bond acceptors (Lipinski definition) is 4. The summed E-state index contributed by atoms with van der Waals surface area (Å²) in [5.74, 6) is 0.189. The fourth-order valence-corrected chi connectivity index (χ4v) is 2.72. The Bertz CT molecular complexity index is 753. The second-order valence-electron chi connectivity index (χ2n) is 4.09. The van der Waals surface area contributed by atoms with Crippen molar-refractivity contribution in [2.45, 2.75) is 25.0 Å². The fraction of sp³-hybridized carbons (Fsp3) is 0.308. The van der Waals surface area contributed by atoms with Crippen molar-refractivity contribution >= 4 is 22.7 Å². The van der Waals surface area contributed by atoms with E-state index in [1.165, 1.54) is 23.9 Å². The smallest absolute Gasteiger partial charge is 0.197 e. The van der Waals surface area contributed by atoms with Crippen molar-refractivity contribution in [2.75, 3.05) is 5.75 Å². The number of azide groups is 1. The number of nitrogens with zero attached hydrogens (tertiary/aromatic N) is 3. The monoisotopic (exact) mass is 293 g/mol. The molecule has 7 heteroatoms. The van der Waals surface area contributed by atoms with Gasteiger partial charge in [-0.1, -0.05) is 30.7 Å². The first-order valence-electron chi connectivity index (χ1n) is 6.01. The van der Waals surface area contributed by atoms with Crippen LogP contribution in [0.5, 0.6) is 0 Å². The fourth-order valence-electron chi connectivity index (χ4n) is 1.90. The highest BCUT2D eigenvalue weighted by atomic mass is 32.2. The lowest BCUT2D eigenvalue weighted by molar-refractivity contribution is 0.477. The van der Waals surface area contributed by atoms with Gasteiger partial charge in [0.05, 0.1) is 17.0 Å². The molecule has 0 aliphatic carbocycles. The van der Waals surface area contributed by atoms with E-state index in [2.05, 4.69) is 10.0 Å². The Morgan fingerprint density at radius 2 is 2.30 bits per heavy atom. The molecule has 1 aromatic carbocycles. The number of thioether (sulfide) groups is 1. The van der Waals surface area contributed by atoms with Gasteiger partial charge < -0.3 is 4.42 Å². The van der Waals surface area contributed by atoms with Gasteiger partial charge in [0.25, 0.3) is 0 Å². The lowest BCUT2D eigenvalue weighted by Gasteiger charge is -2.11. The van der Waals surface area contributed by atoms with Gasteiger partial charge in [0.15, 0.2) is 10.5 Å². The van der Waals surface area contributed by atoms with Gasteiger partial charge in [-0.2, -0.15) is 0 Å². The molecule has 1 atom stereocenters. The van der Waals surface area contributed by atoms with Gasteiger partial charge in [-0.25, -0.2) is 4.39 Å². The summed E-state index contributed by atoms with van der Waals surface area (Å²) in [6, 6.07) is 3.13. The van der Waals surface area contributed by atoms with Crippen molar-refractivity contribution in [2.24, 2.45) is 5.11 Å². The number of rotatable bonds is 4. The Balaban J connectivity index is 2.80. The molecule has 20 heavy (non-hydrogen) atoms. The van der Waals surface area contributed by atoms with Crippen LogP contribution in [0.25, 0.3) is 21.4 Å². The average molecular weight is 293 g/mol. The molecule has 0 saturated carbocycles. The molecule has 0 aliphatic rings. The predicted molar refractivity (Wildman–Crippen MR) is 76.4 cm³/mol. The first-order valence-corrected chi connectivity index (χ1v) is 7.00. The third-order valence-corrected chi connectivity index (χ3v) is 3.63. The van der Waals surface area contributed by atoms with E-state index >= 15 is 0 Å². The molecule has 5 nitrogen and oxygen atoms in total. The molecular formula is C13H12FN3O2S. The molecule has 0 bridgehead atoms. The van der Waals surface area contributed by atoms with Crippen LogP contribution in [0.1, 0.15) is 25.5 Å². The van der Waals surface area contributed by atoms with Crippen molar-refractivity contribution in [1.82, 2.24) is 0 Å². The van der Waals surface area contributed by atoms with Crippen LogP contribution in [0, 0.1) is 5.82 Å². The summed E-state index contributed by atoms with van der Waals surface area (Å²) in [6.45, 7) is 3.53. The maximum atomic E-state index is 13.3. The van der Waals surface area contributed by atoms with Crippen molar-refractivity contribution in [3.05, 3.63) is 50.2 Å². The van der Waals surface area contributed by atoms with Crippen LogP contribution < -0.4 is 5.43 Å². The maximum Gasteiger partial charge on any atom is 0.197 e. The highest BCUT2D eigenvalue weighted by Crippen LogP contribution is 2.30. The summed E-state index contributed by atoms with van der Waals surface area (Å²) >= 11 is 1.35. The highest BCUT2D eigenvalue weighted by molar-refractivity contribution is 7.99. The standard InChI is InChI=1S/C13H12FN3O2S/c1-3-20-13-11(7(2)16-17-15)12(18)9-6-8(14)4-5-10(9)19-13/h4-7H,3H2,1-2H3. The Morgan fingerprint density at radius 1 is 1.55 bits per heavy atom. The van der Waals surface area contributed by atoms with E-state index in [0.29, 0.717) is 16.4 Å². The molecular weight excluding hydrogens is 281 g/mol. The molecule has 0 radical (unpaired) electrons. The van der Waals surface area contributed by atoms with E-state index < -0.39 is 11.9 Å². The number of benzene rings is 1. The van der Waals surface area contributed by atoms with Crippen molar-refractivity contribution in [3.63, 3.8) is 0 Å².